The van der Waals surface area contributed by atoms with E-state index in [-0.39, 0.29) is 30.0 Å². The molecule has 140 valence electrons. The zero-order valence-corrected chi connectivity index (χ0v) is 17.0. The van der Waals surface area contributed by atoms with E-state index in [4.69, 9.17) is 16.0 Å². The van der Waals surface area contributed by atoms with E-state index in [1.165, 1.54) is 0 Å². The Labute approximate surface area is 165 Å². The van der Waals surface area contributed by atoms with Gasteiger partial charge in [0, 0.05) is 10.5 Å². The van der Waals surface area contributed by atoms with Gasteiger partial charge in [-0.3, -0.25) is 9.69 Å². The second kappa shape index (κ2) is 8.12. The molecule has 1 fully saturated rings. The number of anilines is 1. The zero-order chi connectivity index (χ0) is 18.7. The number of nitrogens with one attached hydrogen (secondary N) is 1. The van der Waals surface area contributed by atoms with Crippen LogP contribution >= 0.6 is 27.5 Å². The van der Waals surface area contributed by atoms with Crippen LogP contribution in [-0.2, 0) is 21.2 Å². The van der Waals surface area contributed by atoms with E-state index in [1.54, 1.807) is 36.6 Å². The molecule has 0 unspecified atom stereocenters. The van der Waals surface area contributed by atoms with Crippen LogP contribution < -0.4 is 5.32 Å². The highest BCUT2D eigenvalue weighted by Crippen LogP contribution is 2.26. The Bertz CT molecular complexity index is 886. The van der Waals surface area contributed by atoms with E-state index in [1.807, 2.05) is 4.90 Å². The summed E-state index contributed by atoms with van der Waals surface area (Å²) in [4.78, 5) is 14.3. The maximum atomic E-state index is 12.5. The summed E-state index contributed by atoms with van der Waals surface area (Å²) < 4.78 is 29.8. The minimum absolute atomic E-state index is 0.0489. The predicted octanol–water partition coefficient (Wildman–Crippen LogP) is 3.32. The summed E-state index contributed by atoms with van der Waals surface area (Å²) in [5, 5.41) is 3.20. The lowest BCUT2D eigenvalue weighted by atomic mass is 10.2. The van der Waals surface area contributed by atoms with E-state index in [0.717, 1.165) is 4.47 Å². The molecule has 1 saturated heterocycles. The quantitative estimate of drug-likeness (QED) is 0.714. The monoisotopic (exact) mass is 460 g/mol. The number of benzene rings is 1. The fourth-order valence-corrected chi connectivity index (χ4v) is 5.43. The Hall–Kier alpha value is -1.35. The Kier molecular flexibility index (Phi) is 6.06. The number of furan rings is 1. The van der Waals surface area contributed by atoms with Crippen LogP contribution in [-0.4, -0.2) is 43.3 Å². The highest BCUT2D eigenvalue weighted by molar-refractivity contribution is 9.10. The van der Waals surface area contributed by atoms with Crippen molar-refractivity contribution in [2.45, 2.75) is 19.0 Å². The fraction of sp³-hybridized carbons (Fsp3) is 0.353. The summed E-state index contributed by atoms with van der Waals surface area (Å²) >= 11 is 9.46. The molecule has 0 radical (unpaired) electrons. The van der Waals surface area contributed by atoms with Gasteiger partial charge in [0.2, 0.25) is 5.91 Å². The van der Waals surface area contributed by atoms with Gasteiger partial charge in [-0.25, -0.2) is 8.42 Å². The first-order valence-corrected chi connectivity index (χ1v) is 11.0. The summed E-state index contributed by atoms with van der Waals surface area (Å²) in [5.41, 5.74) is 0.511. The fourth-order valence-electron chi connectivity index (χ4n) is 2.95. The van der Waals surface area contributed by atoms with Gasteiger partial charge in [0.25, 0.3) is 0 Å². The van der Waals surface area contributed by atoms with Crippen LogP contribution in [0.15, 0.2) is 45.5 Å². The van der Waals surface area contributed by atoms with E-state index in [2.05, 4.69) is 21.2 Å². The standard InChI is InChI=1S/C17H18BrClN2O4S/c18-12-3-4-16(15(19)8-12)20-17(22)10-21(9-14-2-1-6-25-14)13-5-7-26(23,24)11-13/h1-4,6,8,13H,5,7,9-11H2,(H,20,22)/t13-/m0/s1. The number of carbonyl (C=O) groups is 1. The third-order valence-corrected chi connectivity index (χ3v) is 6.77. The average Bonchev–Trinajstić information content (AvgIpc) is 3.19. The molecule has 1 N–H and O–H groups in total. The number of nitrogens with zero attached hydrogens (tertiary/aromatic N) is 1. The summed E-state index contributed by atoms with van der Waals surface area (Å²) in [6.45, 7) is 0.419. The highest BCUT2D eigenvalue weighted by atomic mass is 79.9. The number of carbonyl (C=O) groups excluding carboxylic acids is 1. The lowest BCUT2D eigenvalue weighted by Crippen LogP contribution is -2.41. The van der Waals surface area contributed by atoms with Crippen LogP contribution in [0.25, 0.3) is 0 Å². The molecular formula is C17H18BrClN2O4S. The molecule has 1 aliphatic rings. The van der Waals surface area contributed by atoms with Gasteiger partial charge in [0.15, 0.2) is 9.84 Å². The Morgan fingerprint density at radius 2 is 2.19 bits per heavy atom. The molecule has 9 heteroatoms. The van der Waals surface area contributed by atoms with Crippen molar-refractivity contribution in [3.63, 3.8) is 0 Å². The van der Waals surface area contributed by atoms with E-state index < -0.39 is 9.84 Å². The summed E-state index contributed by atoms with van der Waals surface area (Å²) in [5.74, 6) is 0.626. The summed E-state index contributed by atoms with van der Waals surface area (Å²) in [7, 11) is -3.06. The van der Waals surface area contributed by atoms with Gasteiger partial charge in [0.1, 0.15) is 5.76 Å². The molecule has 26 heavy (non-hydrogen) atoms. The van der Waals surface area contributed by atoms with Crippen LogP contribution in [0.3, 0.4) is 0 Å². The lowest BCUT2D eigenvalue weighted by molar-refractivity contribution is -0.118. The van der Waals surface area contributed by atoms with Crippen molar-refractivity contribution >= 4 is 49.0 Å². The van der Waals surface area contributed by atoms with Gasteiger partial charge in [-0.05, 0) is 36.8 Å². The molecule has 0 spiro atoms. The molecule has 1 aromatic heterocycles. The van der Waals surface area contributed by atoms with Gasteiger partial charge in [-0.1, -0.05) is 27.5 Å². The van der Waals surface area contributed by atoms with Gasteiger partial charge < -0.3 is 9.73 Å². The third kappa shape index (κ3) is 5.09. The molecule has 1 aromatic carbocycles. The van der Waals surface area contributed by atoms with Crippen LogP contribution in [0, 0.1) is 0 Å². The Balaban J connectivity index is 1.71. The first-order chi connectivity index (χ1) is 12.3. The average molecular weight is 462 g/mol. The van der Waals surface area contributed by atoms with Gasteiger partial charge in [0.05, 0.1) is 41.6 Å². The third-order valence-electron chi connectivity index (χ3n) is 4.22. The van der Waals surface area contributed by atoms with E-state index in [0.29, 0.717) is 29.4 Å². The smallest absolute Gasteiger partial charge is 0.238 e. The number of hydrogen-bond donors (Lipinski definition) is 1. The van der Waals surface area contributed by atoms with Crippen molar-refractivity contribution in [1.29, 1.82) is 0 Å². The van der Waals surface area contributed by atoms with Gasteiger partial charge in [-0.2, -0.15) is 0 Å². The van der Waals surface area contributed by atoms with Crippen molar-refractivity contribution in [3.05, 3.63) is 51.9 Å². The molecule has 1 amide bonds. The van der Waals surface area contributed by atoms with Crippen molar-refractivity contribution in [1.82, 2.24) is 4.90 Å². The second-order valence-electron chi connectivity index (χ2n) is 6.21. The molecule has 1 atom stereocenters. The number of halogens is 2. The predicted molar refractivity (Wildman–Crippen MR) is 104 cm³/mol. The minimum atomic E-state index is -3.06. The van der Waals surface area contributed by atoms with E-state index >= 15 is 0 Å². The number of hydrogen-bond acceptors (Lipinski definition) is 5. The van der Waals surface area contributed by atoms with Gasteiger partial charge in [-0.15, -0.1) is 0 Å². The molecule has 2 aromatic rings. The molecule has 0 aliphatic carbocycles. The zero-order valence-electron chi connectivity index (χ0n) is 13.8. The maximum absolute atomic E-state index is 12.5. The van der Waals surface area contributed by atoms with Crippen molar-refractivity contribution in [2.75, 3.05) is 23.4 Å². The van der Waals surface area contributed by atoms with Crippen LogP contribution in [0.1, 0.15) is 12.2 Å². The molecule has 2 heterocycles. The molecule has 1 aliphatic heterocycles. The van der Waals surface area contributed by atoms with Crippen LogP contribution in [0.5, 0.6) is 0 Å². The molecule has 6 nitrogen and oxygen atoms in total. The molecular weight excluding hydrogens is 444 g/mol. The maximum Gasteiger partial charge on any atom is 0.238 e. The lowest BCUT2D eigenvalue weighted by Gasteiger charge is -2.26. The second-order valence-corrected chi connectivity index (χ2v) is 9.77. The Morgan fingerprint density at radius 1 is 1.38 bits per heavy atom. The highest BCUT2D eigenvalue weighted by Gasteiger charge is 2.33. The number of amides is 1. The molecule has 3 rings (SSSR count). The van der Waals surface area contributed by atoms with Crippen molar-refractivity contribution in [2.24, 2.45) is 0 Å². The van der Waals surface area contributed by atoms with Crippen LogP contribution in [0.4, 0.5) is 5.69 Å². The largest absolute Gasteiger partial charge is 0.468 e. The van der Waals surface area contributed by atoms with Crippen molar-refractivity contribution < 1.29 is 17.6 Å². The first-order valence-electron chi connectivity index (χ1n) is 8.04. The Morgan fingerprint density at radius 3 is 2.81 bits per heavy atom. The number of rotatable bonds is 6. The summed E-state index contributed by atoms with van der Waals surface area (Å²) in [6, 6.07) is 8.55. The first kappa shape index (κ1) is 19.4. The minimum Gasteiger partial charge on any atom is -0.468 e. The molecule has 0 saturated carbocycles. The molecule has 0 bridgehead atoms. The van der Waals surface area contributed by atoms with Gasteiger partial charge >= 0.3 is 0 Å². The summed E-state index contributed by atoms with van der Waals surface area (Å²) in [6.07, 6.45) is 2.07. The van der Waals surface area contributed by atoms with Crippen molar-refractivity contribution in [3.8, 4) is 0 Å². The topological polar surface area (TPSA) is 79.6 Å². The SMILES string of the molecule is O=C(CN(Cc1ccco1)[C@H]1CCS(=O)(=O)C1)Nc1ccc(Br)cc1Cl. The van der Waals surface area contributed by atoms with Crippen LogP contribution in [0.2, 0.25) is 5.02 Å². The number of sulfone groups is 1. The van der Waals surface area contributed by atoms with E-state index in [9.17, 15) is 13.2 Å². The normalized spacial score (nSPS) is 19.0.